The molecule has 1 aromatic heterocycles. The molecule has 3 aromatic rings. The first kappa shape index (κ1) is 16.0. The number of aryl methyl sites for hydroxylation is 2. The Kier molecular flexibility index (Phi) is 4.24. The Morgan fingerprint density at radius 1 is 1.08 bits per heavy atom. The van der Waals surface area contributed by atoms with Crippen molar-refractivity contribution in [3.05, 3.63) is 69.5 Å². The normalized spacial score (nSPS) is 12.3. The number of fused-ring (bicyclic) bond motifs is 1. The summed E-state index contributed by atoms with van der Waals surface area (Å²) in [5, 5.41) is 14.3. The minimum atomic E-state index is -0.735. The Hall–Kier alpha value is -2.83. The van der Waals surface area contributed by atoms with Crippen LogP contribution in [0.3, 0.4) is 0 Å². The molecule has 0 bridgehead atoms. The predicted octanol–water partition coefficient (Wildman–Crippen LogP) is 2.42. The van der Waals surface area contributed by atoms with Gasteiger partial charge in [-0.15, -0.1) is 0 Å². The zero-order chi connectivity index (χ0) is 17.3. The summed E-state index contributed by atoms with van der Waals surface area (Å²) in [5.74, 6) is 5.53. The molecule has 0 aliphatic heterocycles. The number of nitrogens with two attached hydrogens (primary N) is 1. The molecule has 124 valence electrons. The van der Waals surface area contributed by atoms with E-state index >= 15 is 0 Å². The summed E-state index contributed by atoms with van der Waals surface area (Å²) in [5.41, 5.74) is 5.78. The van der Waals surface area contributed by atoms with Gasteiger partial charge >= 0.3 is 0 Å². The van der Waals surface area contributed by atoms with Crippen LogP contribution in [-0.2, 0) is 0 Å². The lowest BCUT2D eigenvalue weighted by Gasteiger charge is -2.20. The van der Waals surface area contributed by atoms with E-state index in [2.05, 4.69) is 15.7 Å². The predicted molar refractivity (Wildman–Crippen MR) is 95.8 cm³/mol. The molecule has 1 atom stereocenters. The van der Waals surface area contributed by atoms with E-state index in [1.807, 2.05) is 50.2 Å². The summed E-state index contributed by atoms with van der Waals surface area (Å²) in [4.78, 5) is 15.2. The van der Waals surface area contributed by atoms with Crippen LogP contribution >= 0.6 is 0 Å². The zero-order valence-corrected chi connectivity index (χ0v) is 13.6. The van der Waals surface area contributed by atoms with Crippen molar-refractivity contribution in [3.63, 3.8) is 0 Å². The number of pyridine rings is 1. The Morgan fingerprint density at radius 2 is 1.75 bits per heavy atom. The SMILES string of the molecule is Cc1ccc(NC(NN)c2c(O)c3cc(C)ccc3[nH]c2=O)cc1. The van der Waals surface area contributed by atoms with Crippen LogP contribution in [0.1, 0.15) is 22.9 Å². The maximum absolute atomic E-state index is 12.4. The lowest BCUT2D eigenvalue weighted by atomic mass is 10.1. The quantitative estimate of drug-likeness (QED) is 0.288. The Labute approximate surface area is 139 Å². The molecule has 0 amide bonds. The fraction of sp³-hybridized carbons (Fsp3) is 0.167. The van der Waals surface area contributed by atoms with Crippen LogP contribution in [0.2, 0.25) is 0 Å². The molecule has 0 fully saturated rings. The van der Waals surface area contributed by atoms with Crippen LogP contribution in [0, 0.1) is 13.8 Å². The average molecular weight is 324 g/mol. The monoisotopic (exact) mass is 324 g/mol. The van der Waals surface area contributed by atoms with Gasteiger partial charge in [-0.05, 0) is 38.1 Å². The Balaban J connectivity index is 2.08. The van der Waals surface area contributed by atoms with Crippen molar-refractivity contribution in [2.75, 3.05) is 5.32 Å². The van der Waals surface area contributed by atoms with Gasteiger partial charge < -0.3 is 15.4 Å². The summed E-state index contributed by atoms with van der Waals surface area (Å²) >= 11 is 0. The van der Waals surface area contributed by atoms with Crippen LogP contribution < -0.4 is 22.1 Å². The van der Waals surface area contributed by atoms with Gasteiger partial charge in [0, 0.05) is 11.1 Å². The molecule has 0 aliphatic carbocycles. The highest BCUT2D eigenvalue weighted by molar-refractivity contribution is 5.86. The summed E-state index contributed by atoms with van der Waals surface area (Å²) in [7, 11) is 0. The zero-order valence-electron chi connectivity index (χ0n) is 13.6. The number of hydrogen-bond acceptors (Lipinski definition) is 5. The maximum Gasteiger partial charge on any atom is 0.258 e. The van der Waals surface area contributed by atoms with Crippen molar-refractivity contribution in [2.24, 2.45) is 5.84 Å². The van der Waals surface area contributed by atoms with Gasteiger partial charge in [-0.2, -0.15) is 0 Å². The van der Waals surface area contributed by atoms with E-state index in [-0.39, 0.29) is 11.3 Å². The number of aromatic amines is 1. The smallest absolute Gasteiger partial charge is 0.258 e. The van der Waals surface area contributed by atoms with E-state index in [4.69, 9.17) is 5.84 Å². The molecule has 6 N–H and O–H groups in total. The van der Waals surface area contributed by atoms with E-state index in [1.165, 1.54) is 0 Å². The molecule has 6 nitrogen and oxygen atoms in total. The molecule has 0 saturated heterocycles. The minimum Gasteiger partial charge on any atom is -0.507 e. The van der Waals surface area contributed by atoms with Gasteiger partial charge in [0.05, 0.1) is 11.1 Å². The molecule has 0 radical (unpaired) electrons. The van der Waals surface area contributed by atoms with Gasteiger partial charge in [-0.25, -0.2) is 5.43 Å². The third kappa shape index (κ3) is 2.97. The molecule has 0 saturated carbocycles. The highest BCUT2D eigenvalue weighted by Gasteiger charge is 2.20. The molecular weight excluding hydrogens is 304 g/mol. The van der Waals surface area contributed by atoms with Crippen molar-refractivity contribution in [1.82, 2.24) is 10.4 Å². The topological polar surface area (TPSA) is 103 Å². The summed E-state index contributed by atoms with van der Waals surface area (Å²) < 4.78 is 0. The summed E-state index contributed by atoms with van der Waals surface area (Å²) in [6.45, 7) is 3.91. The Bertz CT molecular complexity index is 932. The van der Waals surface area contributed by atoms with Crippen molar-refractivity contribution < 1.29 is 5.11 Å². The van der Waals surface area contributed by atoms with Crippen LogP contribution in [0.5, 0.6) is 5.75 Å². The average Bonchev–Trinajstić information content (AvgIpc) is 2.56. The van der Waals surface area contributed by atoms with Crippen LogP contribution in [0.25, 0.3) is 10.9 Å². The molecule has 2 aromatic carbocycles. The summed E-state index contributed by atoms with van der Waals surface area (Å²) in [6, 6.07) is 13.1. The molecule has 1 heterocycles. The fourth-order valence-electron chi connectivity index (χ4n) is 2.69. The number of anilines is 1. The van der Waals surface area contributed by atoms with Gasteiger partial charge in [0.15, 0.2) is 0 Å². The lowest BCUT2D eigenvalue weighted by molar-refractivity contribution is 0.460. The standard InChI is InChI=1S/C18H20N4O2/c1-10-3-6-12(7-4-10)20-17(22-19)15-16(23)13-9-11(2)5-8-14(13)21-18(15)24/h3-9,17,20,22H,19H2,1-2H3,(H2,21,23,24). The van der Waals surface area contributed by atoms with Gasteiger partial charge in [0.2, 0.25) is 0 Å². The van der Waals surface area contributed by atoms with E-state index in [0.29, 0.717) is 10.9 Å². The molecule has 1 unspecified atom stereocenters. The number of benzene rings is 2. The van der Waals surface area contributed by atoms with Gasteiger partial charge in [0.25, 0.3) is 5.56 Å². The van der Waals surface area contributed by atoms with Crippen molar-refractivity contribution in [1.29, 1.82) is 0 Å². The Morgan fingerprint density at radius 3 is 2.42 bits per heavy atom. The first-order chi connectivity index (χ1) is 11.5. The van der Waals surface area contributed by atoms with Gasteiger partial charge in [0.1, 0.15) is 11.9 Å². The van der Waals surface area contributed by atoms with E-state index in [1.54, 1.807) is 6.07 Å². The van der Waals surface area contributed by atoms with E-state index in [9.17, 15) is 9.90 Å². The number of H-pyrrole nitrogens is 1. The highest BCUT2D eigenvalue weighted by atomic mass is 16.3. The summed E-state index contributed by atoms with van der Waals surface area (Å²) in [6.07, 6.45) is -0.735. The van der Waals surface area contributed by atoms with Crippen molar-refractivity contribution in [3.8, 4) is 5.75 Å². The number of nitrogens with one attached hydrogen (secondary N) is 3. The number of aromatic nitrogens is 1. The third-order valence-corrected chi connectivity index (χ3v) is 4.00. The second kappa shape index (κ2) is 6.35. The van der Waals surface area contributed by atoms with Crippen LogP contribution in [0.4, 0.5) is 5.69 Å². The van der Waals surface area contributed by atoms with Crippen molar-refractivity contribution >= 4 is 16.6 Å². The van der Waals surface area contributed by atoms with Crippen molar-refractivity contribution in [2.45, 2.75) is 20.0 Å². The lowest BCUT2D eigenvalue weighted by Crippen LogP contribution is -2.37. The fourth-order valence-corrected chi connectivity index (χ4v) is 2.69. The molecule has 0 aliphatic rings. The number of hydrazine groups is 1. The van der Waals surface area contributed by atoms with E-state index < -0.39 is 11.7 Å². The molecule has 6 heteroatoms. The molecule has 3 rings (SSSR count). The van der Waals surface area contributed by atoms with Gasteiger partial charge in [-0.1, -0.05) is 29.3 Å². The number of aromatic hydroxyl groups is 1. The molecule has 24 heavy (non-hydrogen) atoms. The number of hydrogen-bond donors (Lipinski definition) is 5. The first-order valence-corrected chi connectivity index (χ1v) is 7.64. The number of rotatable bonds is 4. The van der Waals surface area contributed by atoms with Crippen LogP contribution in [-0.4, -0.2) is 10.1 Å². The first-order valence-electron chi connectivity index (χ1n) is 7.64. The highest BCUT2D eigenvalue weighted by Crippen LogP contribution is 2.29. The largest absolute Gasteiger partial charge is 0.507 e. The minimum absolute atomic E-state index is 0.0833. The maximum atomic E-state index is 12.4. The molecular formula is C18H20N4O2. The molecule has 0 spiro atoms. The van der Waals surface area contributed by atoms with E-state index in [0.717, 1.165) is 16.8 Å². The van der Waals surface area contributed by atoms with Crippen LogP contribution in [0.15, 0.2) is 47.3 Å². The third-order valence-electron chi connectivity index (χ3n) is 4.00. The second-order valence-corrected chi connectivity index (χ2v) is 5.88. The second-order valence-electron chi connectivity index (χ2n) is 5.88. The van der Waals surface area contributed by atoms with Gasteiger partial charge in [-0.3, -0.25) is 10.6 Å².